The van der Waals surface area contributed by atoms with E-state index in [9.17, 15) is 0 Å². The van der Waals surface area contributed by atoms with E-state index < -0.39 is 0 Å². The fraction of sp³-hybridized carbons (Fsp3) is 0.818. The summed E-state index contributed by atoms with van der Waals surface area (Å²) < 4.78 is 0. The number of hydrogen-bond acceptors (Lipinski definition) is 2. The standard InChI is InChI=1S/C11H23NO/c1-4-7-10-13-12-11(8-5-2)9-6-3/h4,7,11-12H,5-6,8-10H2,1-3H3/b7-4+. The fourth-order valence-corrected chi connectivity index (χ4v) is 1.27. The van der Waals surface area contributed by atoms with Gasteiger partial charge in [0.25, 0.3) is 0 Å². The van der Waals surface area contributed by atoms with Crippen LogP contribution in [-0.4, -0.2) is 12.6 Å². The van der Waals surface area contributed by atoms with Crippen LogP contribution in [0.25, 0.3) is 0 Å². The summed E-state index contributed by atoms with van der Waals surface area (Å²) in [6.07, 6.45) is 8.82. The fourth-order valence-electron chi connectivity index (χ4n) is 1.27. The van der Waals surface area contributed by atoms with Crippen molar-refractivity contribution in [1.29, 1.82) is 0 Å². The van der Waals surface area contributed by atoms with Crippen molar-refractivity contribution < 1.29 is 4.84 Å². The van der Waals surface area contributed by atoms with Crippen LogP contribution in [0.5, 0.6) is 0 Å². The minimum absolute atomic E-state index is 0.528. The molecule has 78 valence electrons. The van der Waals surface area contributed by atoms with Crippen LogP contribution in [0.4, 0.5) is 0 Å². The Morgan fingerprint density at radius 3 is 2.31 bits per heavy atom. The first-order valence-corrected chi connectivity index (χ1v) is 5.33. The molecule has 2 nitrogen and oxygen atoms in total. The Labute approximate surface area is 82.3 Å². The van der Waals surface area contributed by atoms with Crippen LogP contribution < -0.4 is 5.48 Å². The Balaban J connectivity index is 3.43. The summed E-state index contributed by atoms with van der Waals surface area (Å²) in [4.78, 5) is 5.30. The Bertz CT molecular complexity index is 117. The second kappa shape index (κ2) is 9.75. The Morgan fingerprint density at radius 1 is 1.23 bits per heavy atom. The maximum Gasteiger partial charge on any atom is 0.0863 e. The molecule has 13 heavy (non-hydrogen) atoms. The number of rotatable bonds is 8. The van der Waals surface area contributed by atoms with Gasteiger partial charge in [0.2, 0.25) is 0 Å². The topological polar surface area (TPSA) is 21.3 Å². The van der Waals surface area contributed by atoms with Gasteiger partial charge in [-0.1, -0.05) is 38.8 Å². The molecule has 0 unspecified atom stereocenters. The van der Waals surface area contributed by atoms with Crippen LogP contribution in [0.1, 0.15) is 46.5 Å². The van der Waals surface area contributed by atoms with Crippen LogP contribution in [-0.2, 0) is 4.84 Å². The summed E-state index contributed by atoms with van der Waals surface area (Å²) in [5.41, 5.74) is 3.11. The molecule has 0 heterocycles. The molecule has 0 bridgehead atoms. The van der Waals surface area contributed by atoms with Crippen LogP contribution in [0.15, 0.2) is 12.2 Å². The molecule has 0 radical (unpaired) electrons. The summed E-state index contributed by atoms with van der Waals surface area (Å²) in [7, 11) is 0. The van der Waals surface area contributed by atoms with E-state index in [-0.39, 0.29) is 0 Å². The maximum absolute atomic E-state index is 5.30. The lowest BCUT2D eigenvalue weighted by atomic mass is 10.1. The van der Waals surface area contributed by atoms with Gasteiger partial charge in [0, 0.05) is 6.04 Å². The predicted octanol–water partition coefficient (Wildman–Crippen LogP) is 3.05. The van der Waals surface area contributed by atoms with Crippen molar-refractivity contribution in [3.63, 3.8) is 0 Å². The van der Waals surface area contributed by atoms with Gasteiger partial charge in [-0.15, -0.1) is 0 Å². The molecule has 0 saturated heterocycles. The van der Waals surface area contributed by atoms with Crippen LogP contribution >= 0.6 is 0 Å². The second-order valence-corrected chi connectivity index (χ2v) is 3.27. The molecule has 0 aliphatic rings. The van der Waals surface area contributed by atoms with E-state index in [0.717, 1.165) is 0 Å². The van der Waals surface area contributed by atoms with Gasteiger partial charge in [0.05, 0.1) is 6.61 Å². The number of hydrogen-bond donors (Lipinski definition) is 1. The quantitative estimate of drug-likeness (QED) is 0.356. The zero-order valence-electron chi connectivity index (χ0n) is 9.18. The zero-order chi connectivity index (χ0) is 9.94. The highest BCUT2D eigenvalue weighted by Crippen LogP contribution is 2.03. The van der Waals surface area contributed by atoms with Crippen molar-refractivity contribution in [1.82, 2.24) is 5.48 Å². The number of allylic oxidation sites excluding steroid dienone is 1. The van der Waals surface area contributed by atoms with Crippen molar-refractivity contribution in [2.24, 2.45) is 0 Å². The van der Waals surface area contributed by atoms with E-state index in [4.69, 9.17) is 4.84 Å². The Hall–Kier alpha value is -0.340. The highest BCUT2D eigenvalue weighted by atomic mass is 16.6. The van der Waals surface area contributed by atoms with Crippen LogP contribution in [0, 0.1) is 0 Å². The summed E-state index contributed by atoms with van der Waals surface area (Å²) in [6, 6.07) is 0.528. The molecule has 0 spiro atoms. The molecule has 2 heteroatoms. The van der Waals surface area contributed by atoms with Gasteiger partial charge in [-0.3, -0.25) is 4.84 Å². The Kier molecular flexibility index (Phi) is 9.49. The monoisotopic (exact) mass is 185 g/mol. The molecule has 0 fully saturated rings. The molecule has 0 saturated carbocycles. The predicted molar refractivity (Wildman–Crippen MR) is 57.5 cm³/mol. The highest BCUT2D eigenvalue weighted by molar-refractivity contribution is 4.75. The van der Waals surface area contributed by atoms with Gasteiger partial charge in [-0.05, 0) is 19.8 Å². The third-order valence-corrected chi connectivity index (χ3v) is 1.94. The largest absolute Gasteiger partial charge is 0.297 e. The summed E-state index contributed by atoms with van der Waals surface area (Å²) in [5, 5.41) is 0. The maximum atomic E-state index is 5.30. The molecule has 0 aromatic rings. The second-order valence-electron chi connectivity index (χ2n) is 3.27. The third kappa shape index (κ3) is 8.00. The van der Waals surface area contributed by atoms with Crippen molar-refractivity contribution in [2.75, 3.05) is 6.61 Å². The molecule has 0 amide bonds. The zero-order valence-corrected chi connectivity index (χ0v) is 9.18. The number of nitrogens with one attached hydrogen (secondary N) is 1. The first-order chi connectivity index (χ1) is 6.35. The van der Waals surface area contributed by atoms with Crippen molar-refractivity contribution in [2.45, 2.75) is 52.5 Å². The first kappa shape index (κ1) is 12.7. The van der Waals surface area contributed by atoms with Crippen molar-refractivity contribution in [3.8, 4) is 0 Å². The van der Waals surface area contributed by atoms with Gasteiger partial charge in [-0.2, -0.15) is 5.48 Å². The van der Waals surface area contributed by atoms with Gasteiger partial charge >= 0.3 is 0 Å². The van der Waals surface area contributed by atoms with Crippen LogP contribution in [0.2, 0.25) is 0 Å². The summed E-state index contributed by atoms with van der Waals surface area (Å²) in [6.45, 7) is 7.08. The minimum atomic E-state index is 0.528. The smallest absolute Gasteiger partial charge is 0.0863 e. The average Bonchev–Trinajstić information content (AvgIpc) is 2.13. The summed E-state index contributed by atoms with van der Waals surface area (Å²) >= 11 is 0. The first-order valence-electron chi connectivity index (χ1n) is 5.33. The molecule has 0 aromatic heterocycles. The lowest BCUT2D eigenvalue weighted by Gasteiger charge is -2.15. The SMILES string of the molecule is C/C=C/CONC(CCC)CCC. The molecule has 0 aliphatic carbocycles. The third-order valence-electron chi connectivity index (χ3n) is 1.94. The molecule has 0 rings (SSSR count). The van der Waals surface area contributed by atoms with Gasteiger partial charge < -0.3 is 0 Å². The van der Waals surface area contributed by atoms with E-state index in [0.29, 0.717) is 12.6 Å². The lowest BCUT2D eigenvalue weighted by molar-refractivity contribution is 0.0298. The Morgan fingerprint density at radius 2 is 1.85 bits per heavy atom. The molecule has 1 N–H and O–H groups in total. The van der Waals surface area contributed by atoms with Crippen molar-refractivity contribution >= 4 is 0 Å². The molecule has 0 aliphatic heterocycles. The molecule has 0 aromatic carbocycles. The van der Waals surface area contributed by atoms with Crippen molar-refractivity contribution in [3.05, 3.63) is 12.2 Å². The average molecular weight is 185 g/mol. The van der Waals surface area contributed by atoms with Crippen LogP contribution in [0.3, 0.4) is 0 Å². The van der Waals surface area contributed by atoms with Gasteiger partial charge in [-0.25, -0.2) is 0 Å². The van der Waals surface area contributed by atoms with Gasteiger partial charge in [0.15, 0.2) is 0 Å². The van der Waals surface area contributed by atoms with E-state index in [1.807, 2.05) is 19.1 Å². The van der Waals surface area contributed by atoms with E-state index >= 15 is 0 Å². The number of hydroxylamine groups is 1. The molecular weight excluding hydrogens is 162 g/mol. The van der Waals surface area contributed by atoms with E-state index in [2.05, 4.69) is 19.3 Å². The minimum Gasteiger partial charge on any atom is -0.297 e. The molecular formula is C11H23NO. The van der Waals surface area contributed by atoms with E-state index in [1.54, 1.807) is 0 Å². The summed E-state index contributed by atoms with van der Waals surface area (Å²) in [5.74, 6) is 0. The van der Waals surface area contributed by atoms with Gasteiger partial charge in [0.1, 0.15) is 0 Å². The normalized spacial score (nSPS) is 11.7. The lowest BCUT2D eigenvalue weighted by Crippen LogP contribution is -2.29. The van der Waals surface area contributed by atoms with E-state index in [1.165, 1.54) is 25.7 Å². The molecule has 0 atom stereocenters. The highest BCUT2D eigenvalue weighted by Gasteiger charge is 2.04.